The second-order valence-corrected chi connectivity index (χ2v) is 8.02. The van der Waals surface area contributed by atoms with Gasteiger partial charge in [0.05, 0.1) is 24.1 Å². The number of nitrogens with zero attached hydrogens (tertiary/aromatic N) is 3. The number of hydrogen-bond acceptors (Lipinski definition) is 5. The number of pyridine rings is 1. The topological polar surface area (TPSA) is 74.8 Å². The molecule has 0 radical (unpaired) electrons. The van der Waals surface area contributed by atoms with E-state index in [-0.39, 0.29) is 36.0 Å². The van der Waals surface area contributed by atoms with Crippen LogP contribution in [0.25, 0.3) is 0 Å². The number of morpholine rings is 1. The average molecular weight is 372 g/mol. The van der Waals surface area contributed by atoms with E-state index in [0.717, 1.165) is 44.6 Å². The fourth-order valence-electron chi connectivity index (χ4n) is 4.11. The van der Waals surface area contributed by atoms with E-state index in [1.54, 1.807) is 11.1 Å². The Bertz CT molecular complexity index is 694. The van der Waals surface area contributed by atoms with Crippen LogP contribution >= 0.6 is 0 Å². The minimum absolute atomic E-state index is 0.107. The first-order valence-corrected chi connectivity index (χ1v) is 9.99. The van der Waals surface area contributed by atoms with Crippen molar-refractivity contribution in [2.24, 2.45) is 5.92 Å². The fraction of sp³-hybridized carbons (Fsp3) is 0.650. The van der Waals surface area contributed by atoms with Crippen LogP contribution in [-0.4, -0.2) is 59.6 Å². The number of aromatic nitrogens is 1. The summed E-state index contributed by atoms with van der Waals surface area (Å²) in [5.41, 5.74) is 0.670. The summed E-state index contributed by atoms with van der Waals surface area (Å²) in [6, 6.07) is 3.47. The van der Waals surface area contributed by atoms with E-state index in [2.05, 4.69) is 29.0 Å². The van der Waals surface area contributed by atoms with Gasteiger partial charge < -0.3 is 19.9 Å². The van der Waals surface area contributed by atoms with Crippen molar-refractivity contribution in [3.8, 4) is 0 Å². The molecule has 0 aromatic carbocycles. The molecule has 2 amide bonds. The Morgan fingerprint density at radius 1 is 1.15 bits per heavy atom. The normalized spacial score (nSPS) is 28.3. The van der Waals surface area contributed by atoms with Gasteiger partial charge in [-0.2, -0.15) is 0 Å². The van der Waals surface area contributed by atoms with Crippen LogP contribution in [-0.2, 0) is 14.3 Å². The Morgan fingerprint density at radius 2 is 1.89 bits per heavy atom. The molecule has 3 unspecified atom stereocenters. The van der Waals surface area contributed by atoms with E-state index in [9.17, 15) is 9.59 Å². The molecule has 7 heteroatoms. The second-order valence-electron chi connectivity index (χ2n) is 8.02. The van der Waals surface area contributed by atoms with Crippen molar-refractivity contribution in [1.29, 1.82) is 0 Å². The third-order valence-corrected chi connectivity index (χ3v) is 5.52. The molecule has 7 nitrogen and oxygen atoms in total. The zero-order valence-corrected chi connectivity index (χ0v) is 16.1. The summed E-state index contributed by atoms with van der Waals surface area (Å²) in [5.74, 6) is 1.08. The zero-order chi connectivity index (χ0) is 19.0. The van der Waals surface area contributed by atoms with Gasteiger partial charge in [-0.3, -0.25) is 9.59 Å². The summed E-state index contributed by atoms with van der Waals surface area (Å²) in [6.07, 6.45) is 5.60. The van der Waals surface area contributed by atoms with Crippen molar-refractivity contribution >= 4 is 23.3 Å². The number of ether oxygens (including phenoxy) is 1. The summed E-state index contributed by atoms with van der Waals surface area (Å²) >= 11 is 0. The van der Waals surface area contributed by atoms with Gasteiger partial charge in [-0.15, -0.1) is 0 Å². The molecule has 3 aliphatic rings. The molecule has 3 heterocycles. The van der Waals surface area contributed by atoms with Gasteiger partial charge in [0.25, 0.3) is 0 Å². The highest BCUT2D eigenvalue weighted by Crippen LogP contribution is 2.34. The third-order valence-electron chi connectivity index (χ3n) is 5.52. The first-order chi connectivity index (χ1) is 13.0. The lowest BCUT2D eigenvalue weighted by Crippen LogP contribution is -2.45. The van der Waals surface area contributed by atoms with Crippen molar-refractivity contribution in [2.45, 2.75) is 57.8 Å². The van der Waals surface area contributed by atoms with E-state index >= 15 is 0 Å². The highest BCUT2D eigenvalue weighted by Gasteiger charge is 2.40. The zero-order valence-electron chi connectivity index (χ0n) is 16.1. The third kappa shape index (κ3) is 4.08. The number of carbonyl (C=O) groups excluding carboxylic acids is 2. The van der Waals surface area contributed by atoms with Gasteiger partial charge in [0.2, 0.25) is 11.8 Å². The molecule has 1 N–H and O–H groups in total. The van der Waals surface area contributed by atoms with E-state index < -0.39 is 0 Å². The van der Waals surface area contributed by atoms with Gasteiger partial charge in [0.1, 0.15) is 11.9 Å². The van der Waals surface area contributed by atoms with E-state index in [4.69, 9.17) is 4.74 Å². The predicted octanol–water partition coefficient (Wildman–Crippen LogP) is 2.03. The first kappa shape index (κ1) is 18.2. The maximum atomic E-state index is 12.7. The van der Waals surface area contributed by atoms with Crippen molar-refractivity contribution in [1.82, 2.24) is 9.88 Å². The highest BCUT2D eigenvalue weighted by molar-refractivity contribution is 5.98. The van der Waals surface area contributed by atoms with Crippen LogP contribution in [0, 0.1) is 5.92 Å². The molecule has 1 saturated carbocycles. The van der Waals surface area contributed by atoms with Gasteiger partial charge >= 0.3 is 0 Å². The molecule has 0 spiro atoms. The number of carbonyl (C=O) groups is 2. The van der Waals surface area contributed by atoms with E-state index in [1.807, 2.05) is 12.1 Å². The number of amides is 2. The molecular formula is C20H28N4O3. The molecule has 2 aliphatic heterocycles. The monoisotopic (exact) mass is 372 g/mol. The molecule has 1 aromatic heterocycles. The summed E-state index contributed by atoms with van der Waals surface area (Å²) in [7, 11) is 0. The van der Waals surface area contributed by atoms with Gasteiger partial charge in [0.15, 0.2) is 0 Å². The van der Waals surface area contributed by atoms with E-state index in [1.165, 1.54) is 0 Å². The van der Waals surface area contributed by atoms with Crippen molar-refractivity contribution < 1.29 is 14.3 Å². The summed E-state index contributed by atoms with van der Waals surface area (Å²) < 4.78 is 5.76. The standard InChI is InChI=1S/C20H28N4O3/c1-13-11-23(12-14(2)27-13)18-8-7-16(10-21-18)22-19(25)17-4-3-9-24(17)20(26)15-5-6-15/h7-8,10,13-15,17H,3-6,9,11-12H2,1-2H3,(H,22,25). The molecule has 2 saturated heterocycles. The largest absolute Gasteiger partial charge is 0.372 e. The molecule has 4 rings (SSSR count). The molecule has 3 atom stereocenters. The first-order valence-electron chi connectivity index (χ1n) is 9.99. The minimum atomic E-state index is -0.348. The van der Waals surface area contributed by atoms with Gasteiger partial charge in [-0.25, -0.2) is 4.98 Å². The second kappa shape index (κ2) is 7.46. The van der Waals surface area contributed by atoms with Crippen LogP contribution in [0.15, 0.2) is 18.3 Å². The fourth-order valence-corrected chi connectivity index (χ4v) is 4.11. The highest BCUT2D eigenvalue weighted by atomic mass is 16.5. The van der Waals surface area contributed by atoms with Gasteiger partial charge in [-0.05, 0) is 51.7 Å². The van der Waals surface area contributed by atoms with E-state index in [0.29, 0.717) is 12.2 Å². The smallest absolute Gasteiger partial charge is 0.247 e. The molecule has 27 heavy (non-hydrogen) atoms. The van der Waals surface area contributed by atoms with Crippen molar-refractivity contribution in [2.75, 3.05) is 29.9 Å². The summed E-state index contributed by atoms with van der Waals surface area (Å²) in [4.78, 5) is 33.5. The molecule has 146 valence electrons. The van der Waals surface area contributed by atoms with Crippen molar-refractivity contribution in [3.05, 3.63) is 18.3 Å². The lowest BCUT2D eigenvalue weighted by atomic mass is 10.2. The van der Waals surface area contributed by atoms with Crippen LogP contribution in [0.5, 0.6) is 0 Å². The maximum Gasteiger partial charge on any atom is 0.247 e. The average Bonchev–Trinajstić information content (AvgIpc) is 3.37. The minimum Gasteiger partial charge on any atom is -0.372 e. The van der Waals surface area contributed by atoms with Crippen LogP contribution < -0.4 is 10.2 Å². The Labute approximate surface area is 160 Å². The predicted molar refractivity (Wildman–Crippen MR) is 103 cm³/mol. The van der Waals surface area contributed by atoms with Crippen LogP contribution in [0.1, 0.15) is 39.5 Å². The number of likely N-dealkylation sites (tertiary alicyclic amines) is 1. The SMILES string of the molecule is CC1CN(c2ccc(NC(=O)C3CCCN3C(=O)C3CC3)cn2)CC(C)O1. The van der Waals surface area contributed by atoms with Gasteiger partial charge in [0, 0.05) is 25.6 Å². The number of nitrogens with one attached hydrogen (secondary N) is 1. The molecule has 1 aliphatic carbocycles. The Kier molecular flexibility index (Phi) is 5.04. The Morgan fingerprint density at radius 3 is 2.52 bits per heavy atom. The van der Waals surface area contributed by atoms with Crippen LogP contribution in [0.3, 0.4) is 0 Å². The summed E-state index contributed by atoms with van der Waals surface area (Å²) in [5, 5.41) is 2.94. The Balaban J connectivity index is 1.38. The summed E-state index contributed by atoms with van der Waals surface area (Å²) in [6.45, 7) is 6.44. The number of hydrogen-bond donors (Lipinski definition) is 1. The molecule has 0 bridgehead atoms. The van der Waals surface area contributed by atoms with Crippen LogP contribution in [0.2, 0.25) is 0 Å². The molecular weight excluding hydrogens is 344 g/mol. The van der Waals surface area contributed by atoms with Crippen LogP contribution in [0.4, 0.5) is 11.5 Å². The maximum absolute atomic E-state index is 12.7. The lowest BCUT2D eigenvalue weighted by molar-refractivity contribution is -0.137. The molecule has 3 fully saturated rings. The lowest BCUT2D eigenvalue weighted by Gasteiger charge is -2.36. The molecule has 1 aromatic rings. The Hall–Kier alpha value is -2.15. The van der Waals surface area contributed by atoms with Crippen molar-refractivity contribution in [3.63, 3.8) is 0 Å². The van der Waals surface area contributed by atoms with Gasteiger partial charge in [-0.1, -0.05) is 0 Å². The quantitative estimate of drug-likeness (QED) is 0.875. The number of rotatable bonds is 4. The number of anilines is 2.